The number of piperidine rings is 1. The van der Waals surface area contributed by atoms with Crippen LogP contribution in [0.15, 0.2) is 41.8 Å². The first kappa shape index (κ1) is 21.9. The summed E-state index contributed by atoms with van der Waals surface area (Å²) >= 11 is 1.48. The number of piperazine rings is 1. The van der Waals surface area contributed by atoms with Crippen LogP contribution in [0.2, 0.25) is 0 Å². The van der Waals surface area contributed by atoms with E-state index < -0.39 is 0 Å². The van der Waals surface area contributed by atoms with Crippen LogP contribution in [0, 0.1) is 6.92 Å². The van der Waals surface area contributed by atoms with Crippen molar-refractivity contribution >= 4 is 23.6 Å². The summed E-state index contributed by atoms with van der Waals surface area (Å²) in [4.78, 5) is 35.8. The van der Waals surface area contributed by atoms with Crippen molar-refractivity contribution in [3.63, 3.8) is 0 Å². The molecule has 0 bridgehead atoms. The number of hydrogen-bond donors (Lipinski definition) is 0. The summed E-state index contributed by atoms with van der Waals surface area (Å²) in [6, 6.07) is 8.17. The zero-order chi connectivity index (χ0) is 21.6. The molecule has 7 nitrogen and oxygen atoms in total. The summed E-state index contributed by atoms with van der Waals surface area (Å²) in [6.45, 7) is 7.22. The fraction of sp³-hybridized carbons (Fsp3) is 0.522. The number of thioether (sulfide) groups is 1. The van der Waals surface area contributed by atoms with Gasteiger partial charge in [-0.25, -0.2) is 4.98 Å². The third-order valence-electron chi connectivity index (χ3n) is 6.10. The smallest absolute Gasteiger partial charge is 0.236 e. The van der Waals surface area contributed by atoms with Gasteiger partial charge in [0.15, 0.2) is 5.16 Å². The summed E-state index contributed by atoms with van der Waals surface area (Å²) in [5, 5.41) is 0.827. The predicted molar refractivity (Wildman–Crippen MR) is 122 cm³/mol. The van der Waals surface area contributed by atoms with Crippen molar-refractivity contribution in [3.05, 3.63) is 42.2 Å². The quantitative estimate of drug-likeness (QED) is 0.645. The molecule has 4 rings (SSSR count). The molecule has 2 aromatic rings. The minimum Gasteiger partial charge on any atom is -0.342 e. The molecule has 0 radical (unpaired) electrons. The Morgan fingerprint density at radius 1 is 0.935 bits per heavy atom. The standard InChI is InChI=1S/C23H31N5O2S/c1-19-7-3-4-8-20(19)28-12-9-24-23(28)31-18-22(30)27-15-13-25(14-16-27)17-21(29)26-10-5-2-6-11-26/h3-4,7-9,12H,2,5-6,10-11,13-18H2,1H3. The van der Waals surface area contributed by atoms with Crippen LogP contribution >= 0.6 is 11.8 Å². The molecular weight excluding hydrogens is 410 g/mol. The molecule has 2 aliphatic rings. The van der Waals surface area contributed by atoms with Gasteiger partial charge in [-0.1, -0.05) is 30.0 Å². The fourth-order valence-corrected chi connectivity index (χ4v) is 5.09. The maximum absolute atomic E-state index is 12.8. The highest BCUT2D eigenvalue weighted by molar-refractivity contribution is 7.99. The van der Waals surface area contributed by atoms with E-state index in [1.54, 1.807) is 6.20 Å². The fourth-order valence-electron chi connectivity index (χ4n) is 4.22. The molecule has 0 saturated carbocycles. The van der Waals surface area contributed by atoms with Gasteiger partial charge in [0.2, 0.25) is 11.8 Å². The minimum atomic E-state index is 0.131. The largest absolute Gasteiger partial charge is 0.342 e. The molecule has 1 aromatic carbocycles. The lowest BCUT2D eigenvalue weighted by Gasteiger charge is -2.36. The minimum absolute atomic E-state index is 0.131. The molecule has 0 N–H and O–H groups in total. The van der Waals surface area contributed by atoms with E-state index in [2.05, 4.69) is 28.9 Å². The lowest BCUT2D eigenvalue weighted by molar-refractivity contribution is -0.134. The monoisotopic (exact) mass is 441 g/mol. The topological polar surface area (TPSA) is 61.7 Å². The van der Waals surface area contributed by atoms with Gasteiger partial charge in [-0.3, -0.25) is 19.1 Å². The molecule has 0 aliphatic carbocycles. The van der Waals surface area contributed by atoms with Gasteiger partial charge in [0, 0.05) is 51.7 Å². The van der Waals surface area contributed by atoms with Crippen molar-refractivity contribution < 1.29 is 9.59 Å². The molecule has 0 spiro atoms. The molecule has 2 saturated heterocycles. The molecule has 0 atom stereocenters. The predicted octanol–water partition coefficient (Wildman–Crippen LogP) is 2.43. The number of amides is 2. The first-order valence-corrected chi connectivity index (χ1v) is 12.1. The Balaban J connectivity index is 1.24. The molecular formula is C23H31N5O2S. The van der Waals surface area contributed by atoms with E-state index in [4.69, 9.17) is 0 Å². The van der Waals surface area contributed by atoms with E-state index in [1.807, 2.05) is 32.7 Å². The summed E-state index contributed by atoms with van der Waals surface area (Å²) < 4.78 is 2.04. The highest BCUT2D eigenvalue weighted by Gasteiger charge is 2.25. The SMILES string of the molecule is Cc1ccccc1-n1ccnc1SCC(=O)N1CCN(CC(=O)N2CCCCC2)CC1. The van der Waals surface area contributed by atoms with Crippen molar-refractivity contribution in [1.29, 1.82) is 0 Å². The Hall–Kier alpha value is -2.32. The van der Waals surface area contributed by atoms with Gasteiger partial charge in [-0.2, -0.15) is 0 Å². The third kappa shape index (κ3) is 5.49. The number of hydrogen-bond acceptors (Lipinski definition) is 5. The van der Waals surface area contributed by atoms with Gasteiger partial charge >= 0.3 is 0 Å². The van der Waals surface area contributed by atoms with Gasteiger partial charge < -0.3 is 9.80 Å². The molecule has 166 valence electrons. The maximum atomic E-state index is 12.8. The number of benzene rings is 1. The van der Waals surface area contributed by atoms with Crippen molar-refractivity contribution in [2.75, 3.05) is 51.6 Å². The first-order valence-electron chi connectivity index (χ1n) is 11.1. The van der Waals surface area contributed by atoms with E-state index in [0.717, 1.165) is 49.9 Å². The Labute approximate surface area is 188 Å². The number of imidazole rings is 1. The lowest BCUT2D eigenvalue weighted by Crippen LogP contribution is -2.52. The van der Waals surface area contributed by atoms with Crippen molar-refractivity contribution in [2.24, 2.45) is 0 Å². The lowest BCUT2D eigenvalue weighted by atomic mass is 10.1. The van der Waals surface area contributed by atoms with Gasteiger partial charge in [0.1, 0.15) is 0 Å². The average Bonchev–Trinajstić information content (AvgIpc) is 3.27. The average molecular weight is 442 g/mol. The van der Waals surface area contributed by atoms with Crippen LogP contribution in [0.1, 0.15) is 24.8 Å². The van der Waals surface area contributed by atoms with Crippen molar-refractivity contribution in [3.8, 4) is 5.69 Å². The molecule has 1 aromatic heterocycles. The normalized spacial score (nSPS) is 17.7. The molecule has 2 fully saturated rings. The molecule has 8 heteroatoms. The number of aromatic nitrogens is 2. The number of rotatable bonds is 6. The highest BCUT2D eigenvalue weighted by Crippen LogP contribution is 2.23. The van der Waals surface area contributed by atoms with E-state index in [1.165, 1.54) is 23.7 Å². The Kier molecular flexibility index (Phi) is 7.29. The van der Waals surface area contributed by atoms with E-state index >= 15 is 0 Å². The summed E-state index contributed by atoms with van der Waals surface area (Å²) in [6.07, 6.45) is 7.18. The number of nitrogens with zero attached hydrogens (tertiary/aromatic N) is 5. The zero-order valence-corrected chi connectivity index (χ0v) is 19.0. The van der Waals surface area contributed by atoms with E-state index in [-0.39, 0.29) is 11.8 Å². The van der Waals surface area contributed by atoms with Crippen molar-refractivity contribution in [2.45, 2.75) is 31.3 Å². The molecule has 2 amide bonds. The van der Waals surface area contributed by atoms with Crippen LogP contribution in [0.25, 0.3) is 5.69 Å². The summed E-state index contributed by atoms with van der Waals surface area (Å²) in [5.41, 5.74) is 2.26. The number of likely N-dealkylation sites (tertiary alicyclic amines) is 1. The second-order valence-corrected chi connectivity index (χ2v) is 9.20. The van der Waals surface area contributed by atoms with Crippen LogP contribution in [0.3, 0.4) is 0 Å². The molecule has 31 heavy (non-hydrogen) atoms. The molecule has 3 heterocycles. The van der Waals surface area contributed by atoms with E-state index in [9.17, 15) is 9.59 Å². The number of aryl methyl sites for hydroxylation is 1. The summed E-state index contributed by atoms with van der Waals surface area (Å²) in [5.74, 6) is 0.736. The Morgan fingerprint density at radius 3 is 2.39 bits per heavy atom. The summed E-state index contributed by atoms with van der Waals surface area (Å²) in [7, 11) is 0. The zero-order valence-electron chi connectivity index (χ0n) is 18.2. The second kappa shape index (κ2) is 10.3. The third-order valence-corrected chi connectivity index (χ3v) is 7.05. The molecule has 2 aliphatic heterocycles. The van der Waals surface area contributed by atoms with Gasteiger partial charge in [-0.15, -0.1) is 0 Å². The second-order valence-electron chi connectivity index (χ2n) is 8.25. The highest BCUT2D eigenvalue weighted by atomic mass is 32.2. The van der Waals surface area contributed by atoms with Crippen molar-refractivity contribution in [1.82, 2.24) is 24.3 Å². The van der Waals surface area contributed by atoms with Crippen LogP contribution in [0.4, 0.5) is 0 Å². The first-order chi connectivity index (χ1) is 15.1. The van der Waals surface area contributed by atoms with Crippen LogP contribution in [0.5, 0.6) is 0 Å². The number of para-hydroxylation sites is 1. The molecule has 0 unspecified atom stereocenters. The van der Waals surface area contributed by atoms with Gasteiger partial charge in [-0.05, 0) is 37.8 Å². The Morgan fingerprint density at radius 2 is 1.65 bits per heavy atom. The maximum Gasteiger partial charge on any atom is 0.236 e. The van der Waals surface area contributed by atoms with Gasteiger partial charge in [0.05, 0.1) is 18.0 Å². The number of carbonyl (C=O) groups is 2. The number of carbonyl (C=O) groups excluding carboxylic acids is 2. The van der Waals surface area contributed by atoms with Crippen LogP contribution in [-0.4, -0.2) is 87.6 Å². The Bertz CT molecular complexity index is 901. The van der Waals surface area contributed by atoms with Crippen LogP contribution in [-0.2, 0) is 9.59 Å². The van der Waals surface area contributed by atoms with Gasteiger partial charge in [0.25, 0.3) is 0 Å². The van der Waals surface area contributed by atoms with E-state index in [0.29, 0.717) is 25.4 Å². The van der Waals surface area contributed by atoms with Crippen LogP contribution < -0.4 is 0 Å².